The molecule has 0 saturated heterocycles. The third-order valence-electron chi connectivity index (χ3n) is 9.04. The molecule has 0 spiro atoms. The number of aromatic nitrogens is 2. The van der Waals surface area contributed by atoms with Crippen LogP contribution in [0, 0.1) is 11.3 Å². The van der Waals surface area contributed by atoms with Gasteiger partial charge in [-0.25, -0.2) is 9.97 Å². The van der Waals surface area contributed by atoms with Crippen LogP contribution in [0.15, 0.2) is 150 Å². The van der Waals surface area contributed by atoms with Gasteiger partial charge in [0.05, 0.1) is 34.7 Å². The van der Waals surface area contributed by atoms with Crippen molar-refractivity contribution in [2.24, 2.45) is 0 Å². The van der Waals surface area contributed by atoms with Crippen molar-refractivity contribution in [1.29, 1.82) is 5.26 Å². The van der Waals surface area contributed by atoms with Crippen LogP contribution < -0.4 is 4.90 Å². The average molecular weight is 591 g/mol. The van der Waals surface area contributed by atoms with E-state index in [1.54, 1.807) is 6.07 Å². The first-order valence-corrected chi connectivity index (χ1v) is 15.4. The molecule has 2 atom stereocenters. The van der Waals surface area contributed by atoms with Crippen molar-refractivity contribution in [3.8, 4) is 40.0 Å². The molecule has 0 amide bonds. The van der Waals surface area contributed by atoms with Gasteiger partial charge in [-0.3, -0.25) is 0 Å². The molecule has 2 unspecified atom stereocenters. The third-order valence-corrected chi connectivity index (χ3v) is 9.04. The Balaban J connectivity index is 1.17. The van der Waals surface area contributed by atoms with E-state index in [0.29, 0.717) is 11.4 Å². The van der Waals surface area contributed by atoms with Gasteiger partial charge in [0.15, 0.2) is 11.4 Å². The van der Waals surface area contributed by atoms with Crippen molar-refractivity contribution in [2.45, 2.75) is 12.0 Å². The normalized spacial score (nSPS) is 16.5. The minimum atomic E-state index is 0.140. The predicted molar refractivity (Wildman–Crippen MR) is 184 cm³/mol. The Kier molecular flexibility index (Phi) is 5.94. The van der Waals surface area contributed by atoms with Gasteiger partial charge in [0.2, 0.25) is 0 Å². The molecule has 0 saturated carbocycles. The first-order valence-electron chi connectivity index (χ1n) is 15.4. The van der Waals surface area contributed by atoms with E-state index in [-0.39, 0.29) is 12.0 Å². The highest BCUT2D eigenvalue weighted by Crippen LogP contribution is 2.52. The zero-order valence-electron chi connectivity index (χ0n) is 24.7. The molecule has 0 fully saturated rings. The lowest BCUT2D eigenvalue weighted by molar-refractivity contribution is 0.667. The van der Waals surface area contributed by atoms with Crippen molar-refractivity contribution in [1.82, 2.24) is 9.97 Å². The van der Waals surface area contributed by atoms with Crippen LogP contribution in [-0.2, 0) is 0 Å². The molecular formula is C41H26N4O. The number of nitriles is 1. The Labute approximate surface area is 266 Å². The van der Waals surface area contributed by atoms with Gasteiger partial charge in [-0.15, -0.1) is 0 Å². The van der Waals surface area contributed by atoms with E-state index in [4.69, 9.17) is 14.4 Å². The standard InChI is InChI=1S/C41H26N4O/c42-25-26-9-8-12-29(23-26)36-24-35(27-10-2-1-3-11-27)43-41(44-36)28-17-19-30(20-18-28)45-37-15-6-4-13-31(37)33-21-22-34-32-14-5-7-16-38(32)46-40(34)39(33)45/h1-24,31,37H. The highest BCUT2D eigenvalue weighted by atomic mass is 16.3. The lowest BCUT2D eigenvalue weighted by Gasteiger charge is -2.28. The number of anilines is 2. The fourth-order valence-corrected chi connectivity index (χ4v) is 6.89. The van der Waals surface area contributed by atoms with Gasteiger partial charge in [-0.1, -0.05) is 97.1 Å². The number of rotatable bonds is 4. The van der Waals surface area contributed by atoms with Crippen LogP contribution in [0.4, 0.5) is 11.4 Å². The lowest BCUT2D eigenvalue weighted by Crippen LogP contribution is -2.28. The summed E-state index contributed by atoms with van der Waals surface area (Å²) in [5.41, 5.74) is 10.3. The molecule has 216 valence electrons. The molecule has 1 aliphatic carbocycles. The summed E-state index contributed by atoms with van der Waals surface area (Å²) in [6.45, 7) is 0. The van der Waals surface area contributed by atoms with Crippen LogP contribution in [-0.4, -0.2) is 16.0 Å². The summed E-state index contributed by atoms with van der Waals surface area (Å²) in [4.78, 5) is 12.4. The third kappa shape index (κ3) is 4.16. The molecular weight excluding hydrogens is 564 g/mol. The Hall–Kier alpha value is -6.25. The molecule has 9 rings (SSSR count). The summed E-state index contributed by atoms with van der Waals surface area (Å²) in [6.07, 6.45) is 8.84. The van der Waals surface area contributed by atoms with E-state index >= 15 is 0 Å². The minimum absolute atomic E-state index is 0.140. The number of hydrogen-bond acceptors (Lipinski definition) is 5. The van der Waals surface area contributed by atoms with Crippen molar-refractivity contribution in [3.05, 3.63) is 157 Å². The SMILES string of the molecule is N#Cc1cccc(-c2cc(-c3ccccc3)nc(-c3ccc(N4c5c(ccc6c5oc5ccccc56)C5C=CC=CC54)cc3)n2)c1. The molecule has 0 N–H and O–H groups in total. The smallest absolute Gasteiger partial charge is 0.160 e. The molecule has 0 bridgehead atoms. The van der Waals surface area contributed by atoms with Crippen molar-refractivity contribution < 1.29 is 4.42 Å². The van der Waals surface area contributed by atoms with Gasteiger partial charge in [0, 0.05) is 39.1 Å². The summed E-state index contributed by atoms with van der Waals surface area (Å²) in [5.74, 6) is 0.861. The number of furan rings is 1. The van der Waals surface area contributed by atoms with E-state index < -0.39 is 0 Å². The Morgan fingerprint density at radius 3 is 2.26 bits per heavy atom. The number of benzene rings is 5. The monoisotopic (exact) mass is 590 g/mol. The molecule has 1 aliphatic heterocycles. The molecule has 5 aromatic carbocycles. The zero-order chi connectivity index (χ0) is 30.6. The second-order valence-electron chi connectivity index (χ2n) is 11.7. The second-order valence-corrected chi connectivity index (χ2v) is 11.7. The molecule has 7 aromatic rings. The summed E-state index contributed by atoms with van der Waals surface area (Å²) in [6, 6.07) is 43.3. The Morgan fingerprint density at radius 1 is 0.652 bits per heavy atom. The van der Waals surface area contributed by atoms with Crippen molar-refractivity contribution >= 4 is 33.3 Å². The quantitative estimate of drug-likeness (QED) is 0.204. The fraction of sp³-hybridized carbons (Fsp3) is 0.0488. The van der Waals surface area contributed by atoms with Crippen LogP contribution >= 0.6 is 0 Å². The van der Waals surface area contributed by atoms with E-state index in [1.165, 1.54) is 5.56 Å². The molecule has 46 heavy (non-hydrogen) atoms. The predicted octanol–water partition coefficient (Wildman–Crippen LogP) is 9.98. The van der Waals surface area contributed by atoms with E-state index in [1.807, 2.05) is 54.6 Å². The number of nitrogens with zero attached hydrogens (tertiary/aromatic N) is 4. The Morgan fingerprint density at radius 2 is 1.41 bits per heavy atom. The van der Waals surface area contributed by atoms with Gasteiger partial charge < -0.3 is 9.32 Å². The lowest BCUT2D eigenvalue weighted by atomic mass is 9.91. The average Bonchev–Trinajstić information content (AvgIpc) is 3.68. The molecule has 0 radical (unpaired) electrons. The van der Waals surface area contributed by atoms with Gasteiger partial charge in [0.25, 0.3) is 0 Å². The zero-order valence-corrected chi connectivity index (χ0v) is 24.7. The second kappa shape index (κ2) is 10.4. The highest BCUT2D eigenvalue weighted by Gasteiger charge is 2.39. The van der Waals surface area contributed by atoms with E-state index in [0.717, 1.165) is 61.4 Å². The van der Waals surface area contributed by atoms with Crippen LogP contribution in [0.25, 0.3) is 55.8 Å². The maximum Gasteiger partial charge on any atom is 0.160 e. The van der Waals surface area contributed by atoms with Crippen molar-refractivity contribution in [3.63, 3.8) is 0 Å². The van der Waals surface area contributed by atoms with Gasteiger partial charge >= 0.3 is 0 Å². The summed E-state index contributed by atoms with van der Waals surface area (Å²) >= 11 is 0. The molecule has 2 aromatic heterocycles. The number of fused-ring (bicyclic) bond motifs is 7. The fourth-order valence-electron chi connectivity index (χ4n) is 6.89. The topological polar surface area (TPSA) is 66.0 Å². The number of para-hydroxylation sites is 1. The number of hydrogen-bond donors (Lipinski definition) is 0. The minimum Gasteiger partial charge on any atom is -0.454 e. The molecule has 5 heteroatoms. The van der Waals surface area contributed by atoms with Crippen LogP contribution in [0.1, 0.15) is 17.0 Å². The largest absolute Gasteiger partial charge is 0.454 e. The summed E-state index contributed by atoms with van der Waals surface area (Å²) in [5, 5.41) is 11.8. The van der Waals surface area contributed by atoms with Crippen LogP contribution in [0.5, 0.6) is 0 Å². The highest BCUT2D eigenvalue weighted by molar-refractivity contribution is 6.11. The first kappa shape index (κ1) is 26.2. The summed E-state index contributed by atoms with van der Waals surface area (Å²) < 4.78 is 6.54. The van der Waals surface area contributed by atoms with Crippen molar-refractivity contribution in [2.75, 3.05) is 4.90 Å². The van der Waals surface area contributed by atoms with Gasteiger partial charge in [-0.05, 0) is 54.1 Å². The molecule has 3 heterocycles. The van der Waals surface area contributed by atoms with E-state index in [9.17, 15) is 5.26 Å². The summed E-state index contributed by atoms with van der Waals surface area (Å²) in [7, 11) is 0. The van der Waals surface area contributed by atoms with Crippen LogP contribution in [0.2, 0.25) is 0 Å². The maximum atomic E-state index is 9.52. The first-order chi connectivity index (χ1) is 22.7. The van der Waals surface area contributed by atoms with Gasteiger partial charge in [0.1, 0.15) is 5.58 Å². The molecule has 5 nitrogen and oxygen atoms in total. The van der Waals surface area contributed by atoms with Crippen LogP contribution in [0.3, 0.4) is 0 Å². The van der Waals surface area contributed by atoms with Gasteiger partial charge in [-0.2, -0.15) is 5.26 Å². The number of allylic oxidation sites excluding steroid dienone is 2. The maximum absolute atomic E-state index is 9.52. The van der Waals surface area contributed by atoms with E-state index in [2.05, 4.69) is 95.9 Å². The Bertz CT molecular complexity index is 2400. The molecule has 2 aliphatic rings.